The number of rotatable bonds is 3. The topological polar surface area (TPSA) is 61.8 Å². The van der Waals surface area contributed by atoms with Crippen molar-refractivity contribution >= 4 is 6.03 Å². The number of methoxy groups -OCH3 is 1. The molecule has 0 spiro atoms. The summed E-state index contributed by atoms with van der Waals surface area (Å²) in [6.07, 6.45) is 5.42. The Balaban J connectivity index is 1.76. The fourth-order valence-corrected chi connectivity index (χ4v) is 3.11. The van der Waals surface area contributed by atoms with Gasteiger partial charge in [-0.15, -0.1) is 0 Å². The Bertz CT molecular complexity index is 288. The van der Waals surface area contributed by atoms with E-state index >= 15 is 0 Å². The van der Waals surface area contributed by atoms with Crippen molar-refractivity contribution in [2.24, 2.45) is 5.92 Å². The van der Waals surface area contributed by atoms with Gasteiger partial charge in [0.1, 0.15) is 0 Å². The average molecular weight is 270 g/mol. The van der Waals surface area contributed by atoms with Crippen molar-refractivity contribution in [3.05, 3.63) is 0 Å². The first-order valence-corrected chi connectivity index (χ1v) is 7.41. The van der Waals surface area contributed by atoms with E-state index in [-0.39, 0.29) is 18.2 Å². The zero-order valence-electron chi connectivity index (χ0n) is 11.8. The van der Waals surface area contributed by atoms with E-state index in [9.17, 15) is 9.90 Å². The molecule has 1 aliphatic carbocycles. The lowest BCUT2D eigenvalue weighted by atomic mass is 9.93. The van der Waals surface area contributed by atoms with Gasteiger partial charge >= 0.3 is 6.03 Å². The number of aliphatic hydroxyl groups is 1. The number of nitrogens with zero attached hydrogens (tertiary/aromatic N) is 1. The fourth-order valence-electron chi connectivity index (χ4n) is 3.11. The van der Waals surface area contributed by atoms with E-state index < -0.39 is 0 Å². The summed E-state index contributed by atoms with van der Waals surface area (Å²) < 4.78 is 5.18. The second kappa shape index (κ2) is 7.10. The molecule has 1 heterocycles. The molecule has 110 valence electrons. The molecule has 5 nitrogen and oxygen atoms in total. The van der Waals surface area contributed by atoms with E-state index in [2.05, 4.69) is 5.32 Å². The van der Waals surface area contributed by atoms with Crippen molar-refractivity contribution in [3.63, 3.8) is 0 Å². The lowest BCUT2D eigenvalue weighted by Gasteiger charge is -2.34. The molecule has 0 aromatic carbocycles. The molecule has 2 fully saturated rings. The summed E-state index contributed by atoms with van der Waals surface area (Å²) in [6, 6.07) is 0.292. The molecule has 2 rings (SSSR count). The Morgan fingerprint density at radius 1 is 1.32 bits per heavy atom. The zero-order valence-corrected chi connectivity index (χ0v) is 11.8. The van der Waals surface area contributed by atoms with Gasteiger partial charge in [0.2, 0.25) is 0 Å². The molecule has 0 bridgehead atoms. The first-order chi connectivity index (χ1) is 9.19. The molecule has 1 aliphatic heterocycles. The van der Waals surface area contributed by atoms with Gasteiger partial charge in [-0.3, -0.25) is 0 Å². The van der Waals surface area contributed by atoms with Gasteiger partial charge in [0, 0.05) is 32.2 Å². The third-order valence-electron chi connectivity index (χ3n) is 4.23. The number of amides is 2. The van der Waals surface area contributed by atoms with Crippen molar-refractivity contribution < 1.29 is 14.6 Å². The summed E-state index contributed by atoms with van der Waals surface area (Å²) in [5.41, 5.74) is 0. The van der Waals surface area contributed by atoms with E-state index in [1.54, 1.807) is 7.11 Å². The van der Waals surface area contributed by atoms with E-state index in [1.807, 2.05) is 4.90 Å². The van der Waals surface area contributed by atoms with Gasteiger partial charge in [-0.25, -0.2) is 4.79 Å². The molecule has 1 unspecified atom stereocenters. The van der Waals surface area contributed by atoms with Crippen LogP contribution in [-0.4, -0.2) is 55.0 Å². The molecular weight excluding hydrogens is 244 g/mol. The van der Waals surface area contributed by atoms with Crippen molar-refractivity contribution in [1.29, 1.82) is 0 Å². The number of piperidine rings is 1. The maximum atomic E-state index is 12.2. The normalized spacial score (nSPS) is 32.1. The highest BCUT2D eigenvalue weighted by atomic mass is 16.5. The van der Waals surface area contributed by atoms with Gasteiger partial charge in [0.05, 0.1) is 12.7 Å². The zero-order chi connectivity index (χ0) is 13.7. The SMILES string of the molecule is COCC1CCCN(C(=O)NC2CCC(O)CC2)C1. The molecule has 5 heteroatoms. The van der Waals surface area contributed by atoms with Gasteiger partial charge in [-0.2, -0.15) is 0 Å². The van der Waals surface area contributed by atoms with E-state index in [0.29, 0.717) is 5.92 Å². The first-order valence-electron chi connectivity index (χ1n) is 7.41. The maximum Gasteiger partial charge on any atom is 0.317 e. The highest BCUT2D eigenvalue weighted by molar-refractivity contribution is 5.74. The monoisotopic (exact) mass is 270 g/mol. The number of hydrogen-bond acceptors (Lipinski definition) is 3. The molecule has 2 aliphatic rings. The Morgan fingerprint density at radius 2 is 2.05 bits per heavy atom. The number of likely N-dealkylation sites (tertiary alicyclic amines) is 1. The number of carbonyl (C=O) groups excluding carboxylic acids is 1. The standard InChI is InChI=1S/C14H26N2O3/c1-19-10-11-3-2-8-16(9-11)14(18)15-12-4-6-13(17)7-5-12/h11-13,17H,2-10H2,1H3,(H,15,18). The molecule has 2 N–H and O–H groups in total. The number of hydrogen-bond donors (Lipinski definition) is 2. The van der Waals surface area contributed by atoms with Crippen LogP contribution in [0.1, 0.15) is 38.5 Å². The quantitative estimate of drug-likeness (QED) is 0.814. The largest absolute Gasteiger partial charge is 0.393 e. The summed E-state index contributed by atoms with van der Waals surface area (Å²) in [6.45, 7) is 2.38. The highest BCUT2D eigenvalue weighted by Gasteiger charge is 2.26. The van der Waals surface area contributed by atoms with Crippen LogP contribution in [0, 0.1) is 5.92 Å². The summed E-state index contributed by atoms with van der Waals surface area (Å²) in [5.74, 6) is 0.470. The molecular formula is C14H26N2O3. The average Bonchev–Trinajstić information content (AvgIpc) is 2.42. The second-order valence-corrected chi connectivity index (χ2v) is 5.86. The Kier molecular flexibility index (Phi) is 5.45. The van der Waals surface area contributed by atoms with Crippen LogP contribution in [0.4, 0.5) is 4.79 Å². The smallest absolute Gasteiger partial charge is 0.317 e. The van der Waals surface area contributed by atoms with Crippen LogP contribution in [0.2, 0.25) is 0 Å². The summed E-state index contributed by atoms with van der Waals surface area (Å²) in [4.78, 5) is 14.1. The van der Waals surface area contributed by atoms with Gasteiger partial charge < -0.3 is 20.1 Å². The van der Waals surface area contributed by atoms with Gasteiger partial charge in [-0.05, 0) is 38.5 Å². The molecule has 2 amide bonds. The van der Waals surface area contributed by atoms with Crippen LogP contribution in [0.5, 0.6) is 0 Å². The highest BCUT2D eigenvalue weighted by Crippen LogP contribution is 2.20. The molecule has 1 atom stereocenters. The number of nitrogens with one attached hydrogen (secondary N) is 1. The fraction of sp³-hybridized carbons (Fsp3) is 0.929. The van der Waals surface area contributed by atoms with E-state index in [0.717, 1.165) is 58.2 Å². The van der Waals surface area contributed by atoms with Crippen molar-refractivity contribution in [1.82, 2.24) is 10.2 Å². The number of carbonyl (C=O) groups is 1. The predicted octanol–water partition coefficient (Wildman–Crippen LogP) is 1.36. The van der Waals surface area contributed by atoms with Crippen LogP contribution in [0.25, 0.3) is 0 Å². The lowest BCUT2D eigenvalue weighted by molar-refractivity contribution is 0.0942. The molecule has 1 saturated heterocycles. The van der Waals surface area contributed by atoms with Crippen LogP contribution < -0.4 is 5.32 Å². The first kappa shape index (κ1) is 14.6. The summed E-state index contributed by atoms with van der Waals surface area (Å²) in [5, 5.41) is 12.6. The predicted molar refractivity (Wildman–Crippen MR) is 73.0 cm³/mol. The third-order valence-corrected chi connectivity index (χ3v) is 4.23. The summed E-state index contributed by atoms with van der Waals surface area (Å²) in [7, 11) is 1.71. The second-order valence-electron chi connectivity index (χ2n) is 5.86. The molecule has 0 radical (unpaired) electrons. The molecule has 1 saturated carbocycles. The van der Waals surface area contributed by atoms with Crippen molar-refractivity contribution in [2.75, 3.05) is 26.8 Å². The van der Waals surface area contributed by atoms with Crippen LogP contribution in [0.3, 0.4) is 0 Å². The summed E-state index contributed by atoms with van der Waals surface area (Å²) >= 11 is 0. The molecule has 19 heavy (non-hydrogen) atoms. The minimum absolute atomic E-state index is 0.0576. The number of ether oxygens (including phenoxy) is 1. The van der Waals surface area contributed by atoms with Crippen LogP contribution >= 0.6 is 0 Å². The third kappa shape index (κ3) is 4.35. The van der Waals surface area contributed by atoms with E-state index in [4.69, 9.17) is 4.74 Å². The minimum atomic E-state index is -0.172. The Hall–Kier alpha value is -0.810. The lowest BCUT2D eigenvalue weighted by Crippen LogP contribution is -2.50. The maximum absolute atomic E-state index is 12.2. The van der Waals surface area contributed by atoms with Gasteiger partial charge in [0.15, 0.2) is 0 Å². The van der Waals surface area contributed by atoms with Gasteiger partial charge in [-0.1, -0.05) is 0 Å². The Morgan fingerprint density at radius 3 is 2.74 bits per heavy atom. The van der Waals surface area contributed by atoms with Crippen molar-refractivity contribution in [2.45, 2.75) is 50.7 Å². The van der Waals surface area contributed by atoms with Gasteiger partial charge in [0.25, 0.3) is 0 Å². The molecule has 0 aromatic heterocycles. The number of urea groups is 1. The Labute approximate surface area is 115 Å². The van der Waals surface area contributed by atoms with Crippen molar-refractivity contribution in [3.8, 4) is 0 Å². The van der Waals surface area contributed by atoms with E-state index in [1.165, 1.54) is 0 Å². The molecule has 0 aromatic rings. The number of aliphatic hydroxyl groups excluding tert-OH is 1. The van der Waals surface area contributed by atoms with Crippen LogP contribution in [0.15, 0.2) is 0 Å². The minimum Gasteiger partial charge on any atom is -0.393 e. The van der Waals surface area contributed by atoms with Crippen LogP contribution in [-0.2, 0) is 4.74 Å².